The lowest BCUT2D eigenvalue weighted by atomic mass is 10.0. The maximum atomic E-state index is 13.3. The van der Waals surface area contributed by atoms with E-state index in [4.69, 9.17) is 9.84 Å². The number of hydrogen-bond acceptors (Lipinski definition) is 6. The van der Waals surface area contributed by atoms with E-state index < -0.39 is 0 Å². The van der Waals surface area contributed by atoms with Gasteiger partial charge in [-0.3, -0.25) is 9.48 Å². The third-order valence-corrected chi connectivity index (χ3v) is 6.70. The van der Waals surface area contributed by atoms with Crippen molar-refractivity contribution in [2.24, 2.45) is 0 Å². The lowest BCUT2D eigenvalue weighted by Crippen LogP contribution is -2.50. The number of hydrogen-bond donors (Lipinski definition) is 0. The molecule has 184 valence electrons. The largest absolute Gasteiger partial charge is 0.494 e. The minimum absolute atomic E-state index is 0.0530. The fraction of sp³-hybridized carbons (Fsp3) is 0.286. The van der Waals surface area contributed by atoms with Gasteiger partial charge < -0.3 is 14.5 Å². The fourth-order valence-corrected chi connectivity index (χ4v) is 4.38. The van der Waals surface area contributed by atoms with Gasteiger partial charge in [0.2, 0.25) is 11.9 Å². The van der Waals surface area contributed by atoms with Crippen LogP contribution < -0.4 is 9.64 Å². The molecule has 1 aliphatic heterocycles. The zero-order chi connectivity index (χ0) is 25.1. The Balaban J connectivity index is 1.33. The smallest absolute Gasteiger partial charge is 0.244 e. The molecule has 0 aliphatic carbocycles. The van der Waals surface area contributed by atoms with Crippen molar-refractivity contribution in [3.05, 3.63) is 78.1 Å². The van der Waals surface area contributed by atoms with E-state index >= 15 is 0 Å². The normalized spacial score (nSPS) is 13.6. The second-order valence-corrected chi connectivity index (χ2v) is 9.03. The molecular weight excluding hydrogens is 452 g/mol. The number of anilines is 1. The van der Waals surface area contributed by atoms with E-state index in [9.17, 15) is 4.79 Å². The lowest BCUT2D eigenvalue weighted by Gasteiger charge is -2.34. The van der Waals surface area contributed by atoms with Crippen molar-refractivity contribution < 1.29 is 9.53 Å². The molecule has 1 fully saturated rings. The van der Waals surface area contributed by atoms with Crippen LogP contribution >= 0.6 is 0 Å². The number of rotatable bonds is 6. The van der Waals surface area contributed by atoms with Crippen LogP contribution in [0.25, 0.3) is 22.5 Å². The summed E-state index contributed by atoms with van der Waals surface area (Å²) in [7, 11) is 1.59. The fourth-order valence-electron chi connectivity index (χ4n) is 4.38. The Hall–Kier alpha value is -4.20. The maximum absolute atomic E-state index is 13.3. The molecule has 2 aromatic carbocycles. The van der Waals surface area contributed by atoms with Crippen molar-refractivity contribution in [2.75, 3.05) is 38.2 Å². The summed E-state index contributed by atoms with van der Waals surface area (Å²) in [6, 6.07) is 18.5. The average Bonchev–Trinajstić information content (AvgIpc) is 3.34. The highest BCUT2D eigenvalue weighted by atomic mass is 16.5. The summed E-state index contributed by atoms with van der Waals surface area (Å²) in [5.41, 5.74) is 6.35. The summed E-state index contributed by atoms with van der Waals surface area (Å²) in [4.78, 5) is 26.0. The van der Waals surface area contributed by atoms with Crippen LogP contribution in [0, 0.1) is 13.8 Å². The third-order valence-electron chi connectivity index (χ3n) is 6.70. The van der Waals surface area contributed by atoms with Gasteiger partial charge in [-0.15, -0.1) is 0 Å². The highest BCUT2D eigenvalue weighted by Crippen LogP contribution is 2.28. The van der Waals surface area contributed by atoms with E-state index in [1.165, 1.54) is 11.1 Å². The number of amides is 1. The number of benzene rings is 2. The monoisotopic (exact) mass is 482 g/mol. The van der Waals surface area contributed by atoms with Gasteiger partial charge in [-0.1, -0.05) is 42.5 Å². The van der Waals surface area contributed by atoms with E-state index in [1.807, 2.05) is 27.8 Å². The molecule has 0 spiro atoms. The first-order valence-corrected chi connectivity index (χ1v) is 12.1. The van der Waals surface area contributed by atoms with Gasteiger partial charge in [0, 0.05) is 31.7 Å². The quantitative estimate of drug-likeness (QED) is 0.414. The van der Waals surface area contributed by atoms with Crippen LogP contribution in [0.2, 0.25) is 0 Å². The van der Waals surface area contributed by atoms with Crippen LogP contribution in [0.15, 0.2) is 67.0 Å². The topological polar surface area (TPSA) is 76.4 Å². The summed E-state index contributed by atoms with van der Waals surface area (Å²) < 4.78 is 6.97. The summed E-state index contributed by atoms with van der Waals surface area (Å²) in [5.74, 6) is 1.33. The highest BCUT2D eigenvalue weighted by Gasteiger charge is 2.24. The minimum Gasteiger partial charge on any atom is -0.494 e. The number of nitrogens with zero attached hydrogens (tertiary/aromatic N) is 6. The van der Waals surface area contributed by atoms with Gasteiger partial charge in [-0.25, -0.2) is 9.97 Å². The third kappa shape index (κ3) is 4.93. The van der Waals surface area contributed by atoms with Gasteiger partial charge in [-0.2, -0.15) is 5.10 Å². The predicted molar refractivity (Wildman–Crippen MR) is 140 cm³/mol. The van der Waals surface area contributed by atoms with Gasteiger partial charge in [0.1, 0.15) is 6.54 Å². The molecule has 3 heterocycles. The molecule has 0 saturated carbocycles. The van der Waals surface area contributed by atoms with Gasteiger partial charge >= 0.3 is 0 Å². The Morgan fingerprint density at radius 2 is 1.61 bits per heavy atom. The Labute approximate surface area is 211 Å². The molecule has 0 unspecified atom stereocenters. The molecule has 1 aliphatic rings. The van der Waals surface area contributed by atoms with E-state index in [2.05, 4.69) is 65.1 Å². The number of aromatic nitrogens is 4. The molecule has 0 bridgehead atoms. The molecule has 2 aromatic heterocycles. The number of carbonyl (C=O) groups is 1. The summed E-state index contributed by atoms with van der Waals surface area (Å²) in [6.45, 7) is 6.97. The van der Waals surface area contributed by atoms with Crippen molar-refractivity contribution in [3.8, 4) is 28.3 Å². The second kappa shape index (κ2) is 10.2. The standard InChI is InChI=1S/C28H30N6O2/c1-20-9-10-23(15-21(20)2)25-16-26(22-7-5-4-6-8-22)34(31-25)19-27(35)32-11-13-33(14-12-32)28-29-17-24(36-3)18-30-28/h4-10,15-18H,11-14,19H2,1-3H3. The molecule has 1 saturated heterocycles. The van der Waals surface area contributed by atoms with Gasteiger partial charge in [0.15, 0.2) is 5.75 Å². The van der Waals surface area contributed by atoms with Gasteiger partial charge in [-0.05, 0) is 42.7 Å². The van der Waals surface area contributed by atoms with Crippen molar-refractivity contribution in [1.82, 2.24) is 24.6 Å². The van der Waals surface area contributed by atoms with E-state index in [-0.39, 0.29) is 12.5 Å². The summed E-state index contributed by atoms with van der Waals surface area (Å²) in [5, 5.41) is 4.87. The van der Waals surface area contributed by atoms with Crippen LogP contribution in [0.1, 0.15) is 11.1 Å². The molecule has 8 heteroatoms. The Kier molecular flexibility index (Phi) is 6.66. The highest BCUT2D eigenvalue weighted by molar-refractivity contribution is 5.78. The zero-order valence-corrected chi connectivity index (χ0v) is 20.9. The van der Waals surface area contributed by atoms with Crippen molar-refractivity contribution >= 4 is 11.9 Å². The van der Waals surface area contributed by atoms with Crippen molar-refractivity contribution in [3.63, 3.8) is 0 Å². The Morgan fingerprint density at radius 1 is 0.889 bits per heavy atom. The first kappa shape index (κ1) is 23.5. The van der Waals surface area contributed by atoms with Crippen LogP contribution in [-0.4, -0.2) is 63.8 Å². The molecule has 5 rings (SSSR count). The van der Waals surface area contributed by atoms with Gasteiger partial charge in [0.05, 0.1) is 30.9 Å². The Morgan fingerprint density at radius 3 is 2.28 bits per heavy atom. The van der Waals surface area contributed by atoms with Crippen molar-refractivity contribution in [2.45, 2.75) is 20.4 Å². The molecule has 36 heavy (non-hydrogen) atoms. The minimum atomic E-state index is 0.0530. The maximum Gasteiger partial charge on any atom is 0.244 e. The molecule has 0 atom stereocenters. The van der Waals surface area contributed by atoms with Crippen LogP contribution in [-0.2, 0) is 11.3 Å². The number of carbonyl (C=O) groups excluding carboxylic acids is 1. The predicted octanol–water partition coefficient (Wildman–Crippen LogP) is 3.98. The summed E-state index contributed by atoms with van der Waals surface area (Å²) in [6.07, 6.45) is 3.33. The zero-order valence-electron chi connectivity index (χ0n) is 20.9. The average molecular weight is 483 g/mol. The molecule has 0 radical (unpaired) electrons. The van der Waals surface area contributed by atoms with Crippen molar-refractivity contribution in [1.29, 1.82) is 0 Å². The molecule has 0 N–H and O–H groups in total. The van der Waals surface area contributed by atoms with E-state index in [0.717, 1.165) is 22.5 Å². The van der Waals surface area contributed by atoms with E-state index in [1.54, 1.807) is 19.5 Å². The molecule has 8 nitrogen and oxygen atoms in total. The molecular formula is C28H30N6O2. The SMILES string of the molecule is COc1cnc(N2CCN(C(=O)Cn3nc(-c4ccc(C)c(C)c4)cc3-c3ccccc3)CC2)nc1. The molecule has 4 aromatic rings. The van der Waals surface area contributed by atoms with Gasteiger partial charge in [0.25, 0.3) is 0 Å². The van der Waals surface area contributed by atoms with Crippen LogP contribution in [0.4, 0.5) is 5.95 Å². The second-order valence-electron chi connectivity index (χ2n) is 9.03. The summed E-state index contributed by atoms with van der Waals surface area (Å²) >= 11 is 0. The van der Waals surface area contributed by atoms with Crippen LogP contribution in [0.3, 0.4) is 0 Å². The van der Waals surface area contributed by atoms with E-state index in [0.29, 0.717) is 37.9 Å². The first-order chi connectivity index (χ1) is 17.5. The lowest BCUT2D eigenvalue weighted by molar-refractivity contribution is -0.132. The first-order valence-electron chi connectivity index (χ1n) is 12.1. The number of aryl methyl sites for hydroxylation is 2. The number of ether oxygens (including phenoxy) is 1. The molecule has 1 amide bonds. The number of methoxy groups -OCH3 is 1. The number of piperazine rings is 1. The Bertz CT molecular complexity index is 1340. The van der Waals surface area contributed by atoms with Crippen LogP contribution in [0.5, 0.6) is 5.75 Å².